The van der Waals surface area contributed by atoms with Crippen LogP contribution in [-0.4, -0.2) is 40.1 Å². The van der Waals surface area contributed by atoms with E-state index in [1.165, 1.54) is 29.1 Å². The molecule has 0 N–H and O–H groups in total. The second kappa shape index (κ2) is 6.57. The first-order valence-corrected chi connectivity index (χ1v) is 7.37. The number of hydrogen-bond acceptors (Lipinski definition) is 5. The Labute approximate surface area is 138 Å². The van der Waals surface area contributed by atoms with E-state index in [0.717, 1.165) is 11.3 Å². The first-order chi connectivity index (χ1) is 11.5. The molecule has 0 aliphatic heterocycles. The van der Waals surface area contributed by atoms with Crippen LogP contribution in [-0.2, 0) is 6.54 Å². The number of halogens is 1. The number of tetrazole rings is 1. The van der Waals surface area contributed by atoms with Gasteiger partial charge < -0.3 is 4.90 Å². The van der Waals surface area contributed by atoms with E-state index in [2.05, 4.69) is 15.4 Å². The van der Waals surface area contributed by atoms with Crippen molar-refractivity contribution in [1.82, 2.24) is 20.2 Å². The van der Waals surface area contributed by atoms with Gasteiger partial charge in [-0.3, -0.25) is 4.79 Å². The van der Waals surface area contributed by atoms with Crippen molar-refractivity contribution in [2.75, 3.05) is 19.0 Å². The Balaban J connectivity index is 1.73. The molecule has 24 heavy (non-hydrogen) atoms. The van der Waals surface area contributed by atoms with Gasteiger partial charge in [-0.05, 0) is 53.7 Å². The van der Waals surface area contributed by atoms with Crippen molar-refractivity contribution < 1.29 is 9.18 Å². The molecule has 122 valence electrons. The monoisotopic (exact) mass is 325 g/mol. The number of nitrogens with zero attached hydrogens (tertiary/aromatic N) is 5. The number of hydrogen-bond donors (Lipinski definition) is 0. The third-order valence-electron chi connectivity index (χ3n) is 3.55. The zero-order valence-corrected chi connectivity index (χ0v) is 13.3. The normalized spacial score (nSPS) is 10.6. The molecule has 0 saturated heterocycles. The number of benzene rings is 2. The van der Waals surface area contributed by atoms with Gasteiger partial charge in [-0.15, -0.1) is 10.2 Å². The lowest BCUT2D eigenvalue weighted by atomic mass is 10.1. The van der Waals surface area contributed by atoms with Crippen LogP contribution in [0.25, 0.3) is 11.4 Å². The summed E-state index contributed by atoms with van der Waals surface area (Å²) in [5.41, 5.74) is 2.30. The molecule has 2 aromatic carbocycles. The van der Waals surface area contributed by atoms with Crippen LogP contribution in [0.1, 0.15) is 10.4 Å². The number of ketones is 1. The average molecular weight is 325 g/mol. The predicted molar refractivity (Wildman–Crippen MR) is 88.3 cm³/mol. The molecule has 0 bridgehead atoms. The number of anilines is 1. The third-order valence-corrected chi connectivity index (χ3v) is 3.55. The van der Waals surface area contributed by atoms with Crippen molar-refractivity contribution in [3.05, 3.63) is 59.9 Å². The summed E-state index contributed by atoms with van der Waals surface area (Å²) in [4.78, 5) is 15.4. The van der Waals surface area contributed by atoms with Gasteiger partial charge in [-0.1, -0.05) is 0 Å². The third kappa shape index (κ3) is 3.45. The Morgan fingerprint density at radius 2 is 1.75 bits per heavy atom. The highest BCUT2D eigenvalue weighted by molar-refractivity contribution is 5.95. The quantitative estimate of drug-likeness (QED) is 0.674. The van der Waals surface area contributed by atoms with Gasteiger partial charge in [0.2, 0.25) is 5.82 Å². The average Bonchev–Trinajstić information content (AvgIpc) is 3.04. The minimum Gasteiger partial charge on any atom is -0.378 e. The molecule has 0 saturated carbocycles. The maximum atomic E-state index is 12.9. The largest absolute Gasteiger partial charge is 0.378 e. The molecular formula is C17H16FN5O. The van der Waals surface area contributed by atoms with Crippen molar-refractivity contribution in [2.24, 2.45) is 0 Å². The Morgan fingerprint density at radius 3 is 2.38 bits per heavy atom. The number of carbonyl (C=O) groups is 1. The molecule has 0 atom stereocenters. The minimum atomic E-state index is -0.381. The fraction of sp³-hybridized carbons (Fsp3) is 0.176. The summed E-state index contributed by atoms with van der Waals surface area (Å²) in [5.74, 6) is -0.136. The highest BCUT2D eigenvalue weighted by Gasteiger charge is 2.11. The van der Waals surface area contributed by atoms with Crippen LogP contribution in [0.4, 0.5) is 10.1 Å². The molecule has 0 amide bonds. The van der Waals surface area contributed by atoms with Gasteiger partial charge in [0.05, 0.1) is 0 Å². The highest BCUT2D eigenvalue weighted by Crippen LogP contribution is 2.18. The van der Waals surface area contributed by atoms with E-state index in [1.807, 2.05) is 43.3 Å². The maximum Gasteiger partial charge on any atom is 0.204 e. The second-order valence-corrected chi connectivity index (χ2v) is 5.51. The molecule has 0 aliphatic carbocycles. The number of Topliss-reactive ketones (excluding diaryl/α,β-unsaturated/α-hetero) is 1. The first kappa shape index (κ1) is 15.8. The summed E-state index contributed by atoms with van der Waals surface area (Å²) in [6, 6.07) is 13.1. The van der Waals surface area contributed by atoms with Gasteiger partial charge in [0.15, 0.2) is 5.78 Å². The first-order valence-electron chi connectivity index (χ1n) is 7.37. The van der Waals surface area contributed by atoms with Crippen LogP contribution in [0.15, 0.2) is 48.5 Å². The fourth-order valence-electron chi connectivity index (χ4n) is 2.19. The van der Waals surface area contributed by atoms with Gasteiger partial charge >= 0.3 is 0 Å². The smallest absolute Gasteiger partial charge is 0.204 e. The molecule has 0 spiro atoms. The van der Waals surface area contributed by atoms with Crippen LogP contribution >= 0.6 is 0 Å². The van der Waals surface area contributed by atoms with Crippen LogP contribution in [0.2, 0.25) is 0 Å². The molecule has 7 heteroatoms. The molecule has 0 radical (unpaired) electrons. The molecule has 1 heterocycles. The van der Waals surface area contributed by atoms with Crippen molar-refractivity contribution in [1.29, 1.82) is 0 Å². The SMILES string of the molecule is CN(C)c1ccc(-c2nnn(CC(=O)c3ccc(F)cc3)n2)cc1. The second-order valence-electron chi connectivity index (χ2n) is 5.51. The van der Waals surface area contributed by atoms with Crippen molar-refractivity contribution >= 4 is 11.5 Å². The van der Waals surface area contributed by atoms with E-state index in [-0.39, 0.29) is 18.1 Å². The lowest BCUT2D eigenvalue weighted by Gasteiger charge is -2.11. The number of carbonyl (C=O) groups excluding carboxylic acids is 1. The Kier molecular flexibility index (Phi) is 4.33. The molecule has 6 nitrogen and oxygen atoms in total. The topological polar surface area (TPSA) is 63.9 Å². The standard InChI is InChI=1S/C17H16FN5O/c1-22(2)15-9-5-13(6-10-15)17-19-21-23(20-17)11-16(24)12-3-7-14(18)8-4-12/h3-10H,11H2,1-2H3. The highest BCUT2D eigenvalue weighted by atomic mass is 19.1. The maximum absolute atomic E-state index is 12.9. The fourth-order valence-corrected chi connectivity index (χ4v) is 2.19. The van der Waals surface area contributed by atoms with E-state index in [0.29, 0.717) is 11.4 Å². The zero-order valence-electron chi connectivity index (χ0n) is 13.3. The molecule has 0 fully saturated rings. The Hall–Kier alpha value is -3.09. The van der Waals surface area contributed by atoms with E-state index in [4.69, 9.17) is 0 Å². The molecule has 0 unspecified atom stereocenters. The minimum absolute atomic E-state index is 0.0472. The van der Waals surface area contributed by atoms with Gasteiger partial charge in [0, 0.05) is 30.9 Å². The molecule has 0 aliphatic rings. The molecule has 3 aromatic rings. The Bertz CT molecular complexity index is 840. The van der Waals surface area contributed by atoms with E-state index >= 15 is 0 Å². The number of rotatable bonds is 5. The zero-order chi connectivity index (χ0) is 17.1. The lowest BCUT2D eigenvalue weighted by Crippen LogP contribution is -2.13. The van der Waals surface area contributed by atoms with Gasteiger partial charge in [0.25, 0.3) is 0 Å². The summed E-state index contributed by atoms with van der Waals surface area (Å²) < 4.78 is 12.9. The lowest BCUT2D eigenvalue weighted by molar-refractivity contribution is 0.0961. The molecule has 3 rings (SSSR count). The van der Waals surface area contributed by atoms with E-state index in [9.17, 15) is 9.18 Å². The summed E-state index contributed by atoms with van der Waals surface area (Å²) >= 11 is 0. The van der Waals surface area contributed by atoms with Crippen LogP contribution in [0, 0.1) is 5.82 Å². The van der Waals surface area contributed by atoms with Crippen molar-refractivity contribution in [3.63, 3.8) is 0 Å². The van der Waals surface area contributed by atoms with E-state index < -0.39 is 0 Å². The van der Waals surface area contributed by atoms with Crippen molar-refractivity contribution in [3.8, 4) is 11.4 Å². The predicted octanol–water partition coefficient (Wildman–Crippen LogP) is 2.43. The summed E-state index contributed by atoms with van der Waals surface area (Å²) in [6.45, 7) is -0.0472. The van der Waals surface area contributed by atoms with Crippen LogP contribution in [0.3, 0.4) is 0 Å². The van der Waals surface area contributed by atoms with Gasteiger partial charge in [-0.25, -0.2) is 4.39 Å². The van der Waals surface area contributed by atoms with Gasteiger partial charge in [-0.2, -0.15) is 4.80 Å². The molecular weight excluding hydrogens is 309 g/mol. The van der Waals surface area contributed by atoms with E-state index in [1.54, 1.807) is 0 Å². The van der Waals surface area contributed by atoms with Crippen LogP contribution in [0.5, 0.6) is 0 Å². The summed E-state index contributed by atoms with van der Waals surface area (Å²) in [7, 11) is 3.93. The number of aromatic nitrogens is 4. The summed E-state index contributed by atoms with van der Waals surface area (Å²) in [5, 5.41) is 12.1. The van der Waals surface area contributed by atoms with Gasteiger partial charge in [0.1, 0.15) is 12.4 Å². The van der Waals surface area contributed by atoms with Crippen molar-refractivity contribution in [2.45, 2.75) is 6.54 Å². The summed E-state index contributed by atoms with van der Waals surface area (Å²) in [6.07, 6.45) is 0. The Morgan fingerprint density at radius 1 is 1.08 bits per heavy atom. The van der Waals surface area contributed by atoms with Crippen LogP contribution < -0.4 is 4.90 Å². The molecule has 1 aromatic heterocycles.